The average Bonchev–Trinajstić information content (AvgIpc) is 2.38. The van der Waals surface area contributed by atoms with Crippen LogP contribution in [0.25, 0.3) is 0 Å². The van der Waals surface area contributed by atoms with Crippen molar-refractivity contribution in [3.8, 4) is 0 Å². The third kappa shape index (κ3) is 3.24. The summed E-state index contributed by atoms with van der Waals surface area (Å²) in [6.45, 7) is 0. The molecular weight excluding hydrogens is 295 g/mol. The Bertz CT molecular complexity index is 629. The number of carbonyl (C=O) groups excluding carboxylic acids is 1. The van der Waals surface area contributed by atoms with E-state index >= 15 is 0 Å². The van der Waals surface area contributed by atoms with Crippen molar-refractivity contribution >= 4 is 23.2 Å². The highest BCUT2D eigenvalue weighted by Gasteiger charge is 2.33. The van der Waals surface area contributed by atoms with E-state index in [2.05, 4.69) is 15.5 Å². The standard InChI is InChI=1S/C12H7ClF3N3O/c13-10-6-5-9(18-19-10)11(20)17-8-4-2-1-3-7(8)12(14,15)16/h1-6H,(H,17,20). The zero-order chi connectivity index (χ0) is 14.8. The van der Waals surface area contributed by atoms with Crippen LogP contribution in [0, 0.1) is 0 Å². The van der Waals surface area contributed by atoms with Gasteiger partial charge in [-0.1, -0.05) is 23.7 Å². The molecule has 0 aliphatic carbocycles. The second-order valence-corrected chi connectivity index (χ2v) is 4.13. The van der Waals surface area contributed by atoms with Crippen molar-refractivity contribution in [3.05, 3.63) is 52.8 Å². The number of carbonyl (C=O) groups is 1. The van der Waals surface area contributed by atoms with Crippen molar-refractivity contribution in [2.45, 2.75) is 6.18 Å². The van der Waals surface area contributed by atoms with Crippen molar-refractivity contribution in [1.29, 1.82) is 0 Å². The highest BCUT2D eigenvalue weighted by molar-refractivity contribution is 6.29. The fourth-order valence-electron chi connectivity index (χ4n) is 1.46. The molecule has 2 aromatic rings. The highest BCUT2D eigenvalue weighted by Crippen LogP contribution is 2.34. The van der Waals surface area contributed by atoms with Crippen LogP contribution in [0.2, 0.25) is 5.15 Å². The molecule has 0 aliphatic rings. The largest absolute Gasteiger partial charge is 0.418 e. The Balaban J connectivity index is 2.26. The Morgan fingerprint density at radius 2 is 1.80 bits per heavy atom. The summed E-state index contributed by atoms with van der Waals surface area (Å²) >= 11 is 5.51. The van der Waals surface area contributed by atoms with Crippen LogP contribution in [-0.2, 0) is 6.18 Å². The second-order valence-electron chi connectivity index (χ2n) is 3.74. The quantitative estimate of drug-likeness (QED) is 0.925. The predicted octanol–water partition coefficient (Wildman–Crippen LogP) is 3.40. The van der Waals surface area contributed by atoms with Gasteiger partial charge in [0, 0.05) is 0 Å². The van der Waals surface area contributed by atoms with Gasteiger partial charge in [-0.05, 0) is 24.3 Å². The third-order valence-corrected chi connectivity index (χ3v) is 2.55. The normalized spacial score (nSPS) is 11.2. The summed E-state index contributed by atoms with van der Waals surface area (Å²) in [4.78, 5) is 11.8. The molecule has 1 N–H and O–H groups in total. The molecule has 104 valence electrons. The minimum atomic E-state index is -4.56. The predicted molar refractivity (Wildman–Crippen MR) is 66.4 cm³/mol. The lowest BCUT2D eigenvalue weighted by atomic mass is 10.1. The SMILES string of the molecule is O=C(Nc1ccccc1C(F)(F)F)c1ccc(Cl)nn1. The molecule has 0 bridgehead atoms. The van der Waals surface area contributed by atoms with Gasteiger partial charge < -0.3 is 5.32 Å². The molecule has 8 heteroatoms. The number of para-hydroxylation sites is 1. The van der Waals surface area contributed by atoms with Gasteiger partial charge in [-0.3, -0.25) is 4.79 Å². The number of hydrogen-bond donors (Lipinski definition) is 1. The molecule has 1 amide bonds. The summed E-state index contributed by atoms with van der Waals surface area (Å²) in [5.41, 5.74) is -1.41. The monoisotopic (exact) mass is 301 g/mol. The van der Waals surface area contributed by atoms with Crippen LogP contribution < -0.4 is 5.32 Å². The van der Waals surface area contributed by atoms with Crippen LogP contribution in [-0.4, -0.2) is 16.1 Å². The number of halogens is 4. The Hall–Kier alpha value is -2.15. The van der Waals surface area contributed by atoms with Crippen LogP contribution >= 0.6 is 11.6 Å². The molecule has 0 aliphatic heterocycles. The number of alkyl halides is 3. The zero-order valence-electron chi connectivity index (χ0n) is 9.78. The molecule has 1 aromatic carbocycles. The van der Waals surface area contributed by atoms with E-state index in [1.54, 1.807) is 0 Å². The van der Waals surface area contributed by atoms with Crippen LogP contribution in [0.3, 0.4) is 0 Å². The molecule has 2 rings (SSSR count). The van der Waals surface area contributed by atoms with E-state index in [0.29, 0.717) is 0 Å². The van der Waals surface area contributed by atoms with E-state index in [-0.39, 0.29) is 16.5 Å². The lowest BCUT2D eigenvalue weighted by Crippen LogP contribution is -2.17. The summed E-state index contributed by atoms with van der Waals surface area (Å²) in [6.07, 6.45) is -4.56. The first-order valence-corrected chi connectivity index (χ1v) is 5.72. The summed E-state index contributed by atoms with van der Waals surface area (Å²) in [5.74, 6) is -0.800. The van der Waals surface area contributed by atoms with E-state index in [9.17, 15) is 18.0 Å². The number of hydrogen-bond acceptors (Lipinski definition) is 3. The van der Waals surface area contributed by atoms with Gasteiger partial charge in [0.2, 0.25) is 0 Å². The lowest BCUT2D eigenvalue weighted by molar-refractivity contribution is -0.136. The summed E-state index contributed by atoms with van der Waals surface area (Å²) < 4.78 is 38.3. The fourth-order valence-corrected chi connectivity index (χ4v) is 1.56. The molecule has 0 radical (unpaired) electrons. The maximum atomic E-state index is 12.8. The van der Waals surface area contributed by atoms with Gasteiger partial charge in [-0.15, -0.1) is 10.2 Å². The Kier molecular flexibility index (Phi) is 3.89. The zero-order valence-corrected chi connectivity index (χ0v) is 10.5. The van der Waals surface area contributed by atoms with Crippen LogP contribution in [0.5, 0.6) is 0 Å². The number of amides is 1. The first-order valence-electron chi connectivity index (χ1n) is 5.35. The van der Waals surface area contributed by atoms with Crippen LogP contribution in [0.4, 0.5) is 18.9 Å². The van der Waals surface area contributed by atoms with Gasteiger partial charge in [0.15, 0.2) is 10.8 Å². The number of anilines is 1. The fraction of sp³-hybridized carbons (Fsp3) is 0.0833. The van der Waals surface area contributed by atoms with Gasteiger partial charge in [0.05, 0.1) is 11.3 Å². The minimum Gasteiger partial charge on any atom is -0.320 e. The van der Waals surface area contributed by atoms with E-state index in [4.69, 9.17) is 11.6 Å². The van der Waals surface area contributed by atoms with Gasteiger partial charge >= 0.3 is 6.18 Å². The first kappa shape index (κ1) is 14.3. The van der Waals surface area contributed by atoms with Crippen molar-refractivity contribution in [2.75, 3.05) is 5.32 Å². The molecule has 0 spiro atoms. The van der Waals surface area contributed by atoms with Crippen molar-refractivity contribution in [1.82, 2.24) is 10.2 Å². The molecule has 20 heavy (non-hydrogen) atoms. The average molecular weight is 302 g/mol. The Labute approximate surface area is 116 Å². The Morgan fingerprint density at radius 1 is 1.10 bits per heavy atom. The summed E-state index contributed by atoms with van der Waals surface area (Å²) in [5, 5.41) is 9.17. The molecule has 0 unspecified atom stereocenters. The van der Waals surface area contributed by atoms with E-state index < -0.39 is 17.6 Å². The van der Waals surface area contributed by atoms with Crippen molar-refractivity contribution < 1.29 is 18.0 Å². The summed E-state index contributed by atoms with van der Waals surface area (Å²) in [7, 11) is 0. The molecule has 0 fully saturated rings. The van der Waals surface area contributed by atoms with Gasteiger partial charge in [-0.2, -0.15) is 13.2 Å². The number of rotatable bonds is 2. The van der Waals surface area contributed by atoms with Gasteiger partial charge in [0.25, 0.3) is 5.91 Å². The number of aromatic nitrogens is 2. The van der Waals surface area contributed by atoms with Crippen LogP contribution in [0.1, 0.15) is 16.1 Å². The van der Waals surface area contributed by atoms with Crippen molar-refractivity contribution in [3.63, 3.8) is 0 Å². The van der Waals surface area contributed by atoms with Gasteiger partial charge in [0.1, 0.15) is 0 Å². The van der Waals surface area contributed by atoms with E-state index in [0.717, 1.165) is 12.1 Å². The molecular formula is C12H7ClF3N3O. The van der Waals surface area contributed by atoms with Crippen molar-refractivity contribution in [2.24, 2.45) is 0 Å². The topological polar surface area (TPSA) is 54.9 Å². The number of nitrogens with zero attached hydrogens (tertiary/aromatic N) is 2. The molecule has 4 nitrogen and oxygen atoms in total. The maximum Gasteiger partial charge on any atom is 0.418 e. The Morgan fingerprint density at radius 3 is 2.40 bits per heavy atom. The minimum absolute atomic E-state index is 0.0808. The molecule has 1 aromatic heterocycles. The van der Waals surface area contributed by atoms with Crippen LogP contribution in [0.15, 0.2) is 36.4 Å². The molecule has 0 atom stereocenters. The molecule has 1 heterocycles. The van der Waals surface area contributed by atoms with E-state index in [1.807, 2.05) is 0 Å². The second kappa shape index (κ2) is 5.46. The smallest absolute Gasteiger partial charge is 0.320 e. The lowest BCUT2D eigenvalue weighted by Gasteiger charge is -2.13. The highest BCUT2D eigenvalue weighted by atomic mass is 35.5. The molecule has 0 saturated heterocycles. The molecule has 0 saturated carbocycles. The number of nitrogens with one attached hydrogen (secondary N) is 1. The summed E-state index contributed by atoms with van der Waals surface area (Å²) in [6, 6.07) is 7.24. The first-order chi connectivity index (χ1) is 9.38. The maximum absolute atomic E-state index is 12.8. The van der Waals surface area contributed by atoms with E-state index in [1.165, 1.54) is 24.3 Å². The number of benzene rings is 1. The third-order valence-electron chi connectivity index (χ3n) is 2.35. The van der Waals surface area contributed by atoms with Gasteiger partial charge in [-0.25, -0.2) is 0 Å².